The van der Waals surface area contributed by atoms with Crippen molar-refractivity contribution in [3.63, 3.8) is 0 Å². The molecule has 0 aliphatic heterocycles. The number of amides is 1. The lowest BCUT2D eigenvalue weighted by Crippen LogP contribution is -2.34. The van der Waals surface area contributed by atoms with E-state index in [0.29, 0.717) is 13.1 Å². The summed E-state index contributed by atoms with van der Waals surface area (Å²) in [6.45, 7) is 2.68. The molecular formula is C15H15BrN2O4S. The van der Waals surface area contributed by atoms with Gasteiger partial charge in [-0.15, -0.1) is 11.3 Å². The molecule has 23 heavy (non-hydrogen) atoms. The van der Waals surface area contributed by atoms with E-state index in [2.05, 4.69) is 15.9 Å². The normalized spacial score (nSPS) is 10.3. The summed E-state index contributed by atoms with van der Waals surface area (Å²) in [5.74, 6) is -0.115. The second-order valence-electron chi connectivity index (χ2n) is 4.63. The van der Waals surface area contributed by atoms with Gasteiger partial charge >= 0.3 is 5.69 Å². The lowest BCUT2D eigenvalue weighted by atomic mass is 10.3. The van der Waals surface area contributed by atoms with Gasteiger partial charge in [0.15, 0.2) is 12.4 Å². The molecule has 0 atom stereocenters. The molecule has 122 valence electrons. The van der Waals surface area contributed by atoms with Gasteiger partial charge in [0, 0.05) is 17.5 Å². The average molecular weight is 399 g/mol. The number of ether oxygens (including phenoxy) is 1. The van der Waals surface area contributed by atoms with Gasteiger partial charge in [0.05, 0.1) is 15.3 Å². The molecule has 1 aromatic carbocycles. The van der Waals surface area contributed by atoms with Gasteiger partial charge in [-0.05, 0) is 41.1 Å². The van der Waals surface area contributed by atoms with E-state index in [-0.39, 0.29) is 24.0 Å². The maximum absolute atomic E-state index is 12.3. The maximum atomic E-state index is 12.3. The smallest absolute Gasteiger partial charge is 0.310 e. The first-order valence-corrected chi connectivity index (χ1v) is 8.50. The molecular weight excluding hydrogens is 384 g/mol. The molecule has 0 radical (unpaired) electrons. The van der Waals surface area contributed by atoms with E-state index in [1.165, 1.54) is 12.1 Å². The number of carbonyl (C=O) groups is 1. The van der Waals surface area contributed by atoms with Crippen molar-refractivity contribution in [1.29, 1.82) is 0 Å². The highest BCUT2D eigenvalue weighted by Crippen LogP contribution is 2.26. The van der Waals surface area contributed by atoms with Gasteiger partial charge in [-0.1, -0.05) is 12.1 Å². The molecule has 1 heterocycles. The predicted molar refractivity (Wildman–Crippen MR) is 91.7 cm³/mol. The highest BCUT2D eigenvalue weighted by atomic mass is 79.9. The zero-order valence-electron chi connectivity index (χ0n) is 12.4. The van der Waals surface area contributed by atoms with Crippen molar-refractivity contribution in [3.05, 3.63) is 55.2 Å². The maximum Gasteiger partial charge on any atom is 0.310 e. The highest BCUT2D eigenvalue weighted by Gasteiger charge is 2.18. The van der Waals surface area contributed by atoms with Crippen LogP contribution >= 0.6 is 27.3 Å². The third-order valence-electron chi connectivity index (χ3n) is 3.12. The number of para-hydroxylation sites is 2. The molecule has 0 spiro atoms. The lowest BCUT2D eigenvalue weighted by molar-refractivity contribution is -0.385. The zero-order valence-corrected chi connectivity index (χ0v) is 14.8. The summed E-state index contributed by atoms with van der Waals surface area (Å²) >= 11 is 4.95. The quantitative estimate of drug-likeness (QED) is 0.524. The lowest BCUT2D eigenvalue weighted by Gasteiger charge is -2.20. The van der Waals surface area contributed by atoms with Crippen LogP contribution in [0.3, 0.4) is 0 Å². The summed E-state index contributed by atoms with van der Waals surface area (Å²) in [7, 11) is 0. The molecule has 8 heteroatoms. The summed E-state index contributed by atoms with van der Waals surface area (Å²) in [5, 5.41) is 10.9. The second kappa shape index (κ2) is 8.07. The molecule has 0 N–H and O–H groups in total. The Balaban J connectivity index is 1.99. The Morgan fingerprint density at radius 2 is 2.09 bits per heavy atom. The number of nitro groups is 1. The molecule has 0 saturated carbocycles. The fourth-order valence-corrected chi connectivity index (χ4v) is 3.46. The largest absolute Gasteiger partial charge is 0.477 e. The third kappa shape index (κ3) is 4.77. The van der Waals surface area contributed by atoms with E-state index in [9.17, 15) is 14.9 Å². The van der Waals surface area contributed by atoms with Crippen LogP contribution in [0.1, 0.15) is 11.8 Å². The monoisotopic (exact) mass is 398 g/mol. The Kier molecular flexibility index (Phi) is 6.12. The Bertz CT molecular complexity index is 704. The van der Waals surface area contributed by atoms with Crippen LogP contribution in [0, 0.1) is 10.1 Å². The fourth-order valence-electron chi connectivity index (χ4n) is 1.96. The summed E-state index contributed by atoms with van der Waals surface area (Å²) < 4.78 is 6.35. The fraction of sp³-hybridized carbons (Fsp3) is 0.267. The Hall–Kier alpha value is -1.93. The highest BCUT2D eigenvalue weighted by molar-refractivity contribution is 9.11. The van der Waals surface area contributed by atoms with Crippen molar-refractivity contribution < 1.29 is 14.5 Å². The van der Waals surface area contributed by atoms with Crippen LogP contribution < -0.4 is 4.74 Å². The van der Waals surface area contributed by atoms with Crippen LogP contribution in [-0.2, 0) is 11.3 Å². The number of halogens is 1. The van der Waals surface area contributed by atoms with E-state index < -0.39 is 4.92 Å². The molecule has 2 rings (SSSR count). The second-order valence-corrected chi connectivity index (χ2v) is 7.17. The number of hydrogen-bond donors (Lipinski definition) is 0. The van der Waals surface area contributed by atoms with E-state index in [0.717, 1.165) is 8.66 Å². The van der Waals surface area contributed by atoms with Crippen molar-refractivity contribution >= 4 is 38.9 Å². The van der Waals surface area contributed by atoms with Crippen LogP contribution in [0.15, 0.2) is 40.2 Å². The standard InChI is InChI=1S/C15H15BrN2O4S/c1-2-17(9-11-7-8-14(16)23-11)15(19)10-22-13-6-4-3-5-12(13)18(20)21/h3-8H,2,9-10H2,1H3. The molecule has 0 aliphatic rings. The van der Waals surface area contributed by atoms with Gasteiger partial charge in [-0.3, -0.25) is 14.9 Å². The topological polar surface area (TPSA) is 72.7 Å². The molecule has 1 amide bonds. The molecule has 0 unspecified atom stereocenters. The first-order valence-electron chi connectivity index (χ1n) is 6.89. The number of nitro benzene ring substituents is 1. The first kappa shape index (κ1) is 17.4. The van der Waals surface area contributed by atoms with Crippen molar-refractivity contribution in [2.75, 3.05) is 13.2 Å². The van der Waals surface area contributed by atoms with E-state index >= 15 is 0 Å². The summed E-state index contributed by atoms with van der Waals surface area (Å²) in [5.41, 5.74) is -0.148. The molecule has 6 nitrogen and oxygen atoms in total. The number of carbonyl (C=O) groups excluding carboxylic acids is 1. The Morgan fingerprint density at radius 3 is 2.70 bits per heavy atom. The Labute approximate surface area is 146 Å². The number of rotatable bonds is 7. The van der Waals surface area contributed by atoms with Crippen molar-refractivity contribution in [3.8, 4) is 5.75 Å². The van der Waals surface area contributed by atoms with Crippen LogP contribution in [0.2, 0.25) is 0 Å². The minimum Gasteiger partial charge on any atom is -0.477 e. The van der Waals surface area contributed by atoms with E-state index in [1.54, 1.807) is 28.4 Å². The first-order chi connectivity index (χ1) is 11.0. The summed E-state index contributed by atoms with van der Waals surface area (Å²) in [6, 6.07) is 9.90. The number of thiophene rings is 1. The van der Waals surface area contributed by atoms with Crippen LogP contribution in [-0.4, -0.2) is 28.9 Å². The number of benzene rings is 1. The third-order valence-corrected chi connectivity index (χ3v) is 4.73. The van der Waals surface area contributed by atoms with Gasteiger partial charge in [0.2, 0.25) is 0 Å². The zero-order chi connectivity index (χ0) is 16.8. The van der Waals surface area contributed by atoms with E-state index in [4.69, 9.17) is 4.74 Å². The molecule has 2 aromatic rings. The minimum absolute atomic E-state index is 0.0979. The number of nitrogens with zero attached hydrogens (tertiary/aromatic N) is 2. The van der Waals surface area contributed by atoms with Crippen molar-refractivity contribution in [2.45, 2.75) is 13.5 Å². The average Bonchev–Trinajstić information content (AvgIpc) is 2.95. The minimum atomic E-state index is -0.527. The SMILES string of the molecule is CCN(Cc1ccc(Br)s1)C(=O)COc1ccccc1[N+](=O)[O-]. The molecule has 1 aromatic heterocycles. The molecule has 0 saturated heterocycles. The van der Waals surface area contributed by atoms with E-state index in [1.807, 2.05) is 19.1 Å². The molecule has 0 fully saturated rings. The van der Waals surface area contributed by atoms with Gasteiger partial charge in [-0.25, -0.2) is 0 Å². The summed E-state index contributed by atoms with van der Waals surface area (Å²) in [6.07, 6.45) is 0. The van der Waals surface area contributed by atoms with Crippen LogP contribution in [0.25, 0.3) is 0 Å². The number of likely N-dealkylation sites (N-methyl/N-ethyl adjacent to an activating group) is 1. The van der Waals surface area contributed by atoms with Crippen LogP contribution in [0.4, 0.5) is 5.69 Å². The van der Waals surface area contributed by atoms with Gasteiger partial charge < -0.3 is 9.64 Å². The predicted octanol–water partition coefficient (Wildman–Crippen LogP) is 3.85. The van der Waals surface area contributed by atoms with Crippen molar-refractivity contribution in [1.82, 2.24) is 4.90 Å². The van der Waals surface area contributed by atoms with Gasteiger partial charge in [-0.2, -0.15) is 0 Å². The van der Waals surface area contributed by atoms with Gasteiger partial charge in [0.1, 0.15) is 0 Å². The Morgan fingerprint density at radius 1 is 1.35 bits per heavy atom. The molecule has 0 aliphatic carbocycles. The summed E-state index contributed by atoms with van der Waals surface area (Å²) in [4.78, 5) is 25.4. The number of hydrogen-bond acceptors (Lipinski definition) is 5. The van der Waals surface area contributed by atoms with Gasteiger partial charge in [0.25, 0.3) is 5.91 Å². The molecule has 0 bridgehead atoms. The van der Waals surface area contributed by atoms with Crippen LogP contribution in [0.5, 0.6) is 5.75 Å². The van der Waals surface area contributed by atoms with Crippen molar-refractivity contribution in [2.24, 2.45) is 0 Å².